The third kappa shape index (κ3) is 3.52. The van der Waals surface area contributed by atoms with Crippen LogP contribution in [0.1, 0.15) is 47.7 Å². The lowest BCUT2D eigenvalue weighted by atomic mass is 10.1. The van der Waals surface area contributed by atoms with E-state index in [1.54, 1.807) is 23.0 Å². The zero-order valence-corrected chi connectivity index (χ0v) is 15.1. The van der Waals surface area contributed by atoms with Crippen molar-refractivity contribution < 1.29 is 4.79 Å². The van der Waals surface area contributed by atoms with Gasteiger partial charge in [-0.2, -0.15) is 5.10 Å². The minimum Gasteiger partial charge on any atom is -0.330 e. The van der Waals surface area contributed by atoms with Crippen LogP contribution in [0, 0.1) is 13.8 Å². The van der Waals surface area contributed by atoms with E-state index >= 15 is 0 Å². The number of carbonyl (C=O) groups is 1. The van der Waals surface area contributed by atoms with Crippen LogP contribution >= 0.6 is 0 Å². The number of hydrogen-bond donors (Lipinski definition) is 0. The van der Waals surface area contributed by atoms with Gasteiger partial charge in [0.2, 0.25) is 0 Å². The van der Waals surface area contributed by atoms with Crippen molar-refractivity contribution >= 4 is 11.6 Å². The highest BCUT2D eigenvalue weighted by Crippen LogP contribution is 2.16. The Morgan fingerprint density at radius 2 is 2.12 bits per heavy atom. The van der Waals surface area contributed by atoms with Gasteiger partial charge in [-0.3, -0.25) is 9.78 Å². The first-order valence-electron chi connectivity index (χ1n) is 8.53. The lowest BCUT2D eigenvalue weighted by molar-refractivity contribution is 0.0665. The molecule has 3 rings (SSSR count). The topological polar surface area (TPSA) is 63.4 Å². The van der Waals surface area contributed by atoms with Gasteiger partial charge in [0.05, 0.1) is 5.69 Å². The van der Waals surface area contributed by atoms with Gasteiger partial charge in [0, 0.05) is 36.7 Å². The van der Waals surface area contributed by atoms with Gasteiger partial charge in [-0.15, -0.1) is 0 Å². The first kappa shape index (κ1) is 17.1. The van der Waals surface area contributed by atoms with Gasteiger partial charge in [-0.05, 0) is 44.9 Å². The van der Waals surface area contributed by atoms with Crippen LogP contribution < -0.4 is 0 Å². The molecule has 0 aliphatic carbocycles. The number of pyridine rings is 1. The fourth-order valence-electron chi connectivity index (χ4n) is 2.83. The smallest absolute Gasteiger partial charge is 0.273 e. The van der Waals surface area contributed by atoms with Gasteiger partial charge in [-0.25, -0.2) is 9.50 Å². The molecule has 0 radical (unpaired) electrons. The summed E-state index contributed by atoms with van der Waals surface area (Å²) in [4.78, 5) is 23.7. The maximum Gasteiger partial charge on any atom is 0.273 e. The number of hydrogen-bond acceptors (Lipinski definition) is 4. The Labute approximate surface area is 147 Å². The predicted octanol–water partition coefficient (Wildman–Crippen LogP) is 3.18. The Balaban J connectivity index is 1.96. The monoisotopic (exact) mass is 337 g/mol. The molecule has 0 aliphatic heterocycles. The highest BCUT2D eigenvalue weighted by atomic mass is 16.2. The Morgan fingerprint density at radius 1 is 1.32 bits per heavy atom. The van der Waals surface area contributed by atoms with E-state index in [4.69, 9.17) is 0 Å². The van der Waals surface area contributed by atoms with E-state index in [0.717, 1.165) is 23.4 Å². The molecule has 6 nitrogen and oxygen atoms in total. The van der Waals surface area contributed by atoms with Gasteiger partial charge >= 0.3 is 0 Å². The molecule has 3 heterocycles. The molecule has 0 aromatic carbocycles. The number of aromatic nitrogens is 4. The molecule has 0 saturated heterocycles. The average Bonchev–Trinajstić information content (AvgIpc) is 3.00. The molecular weight excluding hydrogens is 314 g/mol. The molecule has 0 aliphatic rings. The summed E-state index contributed by atoms with van der Waals surface area (Å²) in [6.07, 6.45) is 4.41. The SMILES string of the molecule is CCC(C)N(Cc1cccnc1)C(=O)c1cc(C)n2nc(C)cc2n1. The van der Waals surface area contributed by atoms with Crippen molar-refractivity contribution in [2.45, 2.75) is 46.7 Å². The van der Waals surface area contributed by atoms with Crippen molar-refractivity contribution in [2.75, 3.05) is 0 Å². The van der Waals surface area contributed by atoms with E-state index in [1.807, 2.05) is 36.9 Å². The van der Waals surface area contributed by atoms with Crippen LogP contribution in [-0.4, -0.2) is 36.4 Å². The summed E-state index contributed by atoms with van der Waals surface area (Å²) in [5.41, 5.74) is 3.94. The number of amides is 1. The summed E-state index contributed by atoms with van der Waals surface area (Å²) in [6.45, 7) is 8.51. The largest absolute Gasteiger partial charge is 0.330 e. The van der Waals surface area contributed by atoms with Crippen LogP contribution in [0.3, 0.4) is 0 Å². The Bertz CT molecular complexity index is 887. The highest BCUT2D eigenvalue weighted by Gasteiger charge is 2.23. The van der Waals surface area contributed by atoms with Crippen molar-refractivity contribution in [3.05, 3.63) is 59.3 Å². The number of carbonyl (C=O) groups excluding carboxylic acids is 1. The molecule has 130 valence electrons. The van der Waals surface area contributed by atoms with Crippen LogP contribution in [0.4, 0.5) is 0 Å². The molecule has 3 aromatic rings. The molecule has 25 heavy (non-hydrogen) atoms. The molecule has 0 fully saturated rings. The Morgan fingerprint density at radius 3 is 2.80 bits per heavy atom. The molecule has 0 spiro atoms. The normalized spacial score (nSPS) is 12.3. The number of nitrogens with zero attached hydrogens (tertiary/aromatic N) is 5. The van der Waals surface area contributed by atoms with Gasteiger partial charge < -0.3 is 4.90 Å². The molecule has 0 N–H and O–H groups in total. The second kappa shape index (κ2) is 7.01. The van der Waals surface area contributed by atoms with Crippen molar-refractivity contribution in [3.63, 3.8) is 0 Å². The van der Waals surface area contributed by atoms with E-state index in [-0.39, 0.29) is 11.9 Å². The van der Waals surface area contributed by atoms with Crippen molar-refractivity contribution in [2.24, 2.45) is 0 Å². The second-order valence-corrected chi connectivity index (χ2v) is 6.39. The van der Waals surface area contributed by atoms with Crippen LogP contribution in [0.15, 0.2) is 36.7 Å². The summed E-state index contributed by atoms with van der Waals surface area (Å²) < 4.78 is 1.76. The van der Waals surface area contributed by atoms with Gasteiger partial charge in [0.15, 0.2) is 5.65 Å². The van der Waals surface area contributed by atoms with Crippen molar-refractivity contribution in [3.8, 4) is 0 Å². The van der Waals surface area contributed by atoms with Crippen LogP contribution in [-0.2, 0) is 6.54 Å². The summed E-state index contributed by atoms with van der Waals surface area (Å²) in [6, 6.07) is 7.67. The second-order valence-electron chi connectivity index (χ2n) is 6.39. The highest BCUT2D eigenvalue weighted by molar-refractivity contribution is 5.93. The third-order valence-corrected chi connectivity index (χ3v) is 4.41. The summed E-state index contributed by atoms with van der Waals surface area (Å²) in [7, 11) is 0. The third-order valence-electron chi connectivity index (χ3n) is 4.41. The molecule has 0 saturated carbocycles. The zero-order chi connectivity index (χ0) is 18.0. The van der Waals surface area contributed by atoms with Crippen LogP contribution in [0.2, 0.25) is 0 Å². The van der Waals surface area contributed by atoms with E-state index in [9.17, 15) is 4.79 Å². The summed E-state index contributed by atoms with van der Waals surface area (Å²) >= 11 is 0. The van der Waals surface area contributed by atoms with Crippen molar-refractivity contribution in [1.82, 2.24) is 24.5 Å². The fraction of sp³-hybridized carbons (Fsp3) is 0.368. The molecule has 0 bridgehead atoms. The van der Waals surface area contributed by atoms with Crippen molar-refractivity contribution in [1.29, 1.82) is 0 Å². The summed E-state index contributed by atoms with van der Waals surface area (Å²) in [5, 5.41) is 4.40. The molecule has 1 atom stereocenters. The van der Waals surface area contributed by atoms with E-state index < -0.39 is 0 Å². The maximum atomic E-state index is 13.2. The minimum atomic E-state index is -0.0670. The standard InChI is InChI=1S/C19H23N5O/c1-5-14(3)23(12-16-7-6-8-20-11-16)19(25)17-10-15(4)24-18(21-17)9-13(2)22-24/h6-11,14H,5,12H2,1-4H3. The van der Waals surface area contributed by atoms with Gasteiger partial charge in [0.25, 0.3) is 5.91 Å². The first-order valence-corrected chi connectivity index (χ1v) is 8.53. The Kier molecular flexibility index (Phi) is 4.79. The Hall–Kier alpha value is -2.76. The first-order chi connectivity index (χ1) is 12.0. The average molecular weight is 337 g/mol. The van der Waals surface area contributed by atoms with E-state index in [2.05, 4.69) is 28.9 Å². The minimum absolute atomic E-state index is 0.0670. The lowest BCUT2D eigenvalue weighted by Gasteiger charge is -2.28. The molecule has 1 amide bonds. The van der Waals surface area contributed by atoms with Crippen LogP contribution in [0.5, 0.6) is 0 Å². The van der Waals surface area contributed by atoms with Crippen LogP contribution in [0.25, 0.3) is 5.65 Å². The van der Waals surface area contributed by atoms with E-state index in [0.29, 0.717) is 17.9 Å². The predicted molar refractivity (Wildman–Crippen MR) is 96.3 cm³/mol. The maximum absolute atomic E-state index is 13.2. The zero-order valence-electron chi connectivity index (χ0n) is 15.1. The summed E-state index contributed by atoms with van der Waals surface area (Å²) in [5.74, 6) is -0.0670. The fourth-order valence-corrected chi connectivity index (χ4v) is 2.83. The molecule has 3 aromatic heterocycles. The number of rotatable bonds is 5. The number of fused-ring (bicyclic) bond motifs is 1. The number of aryl methyl sites for hydroxylation is 2. The van der Waals surface area contributed by atoms with Gasteiger partial charge in [-0.1, -0.05) is 13.0 Å². The van der Waals surface area contributed by atoms with Gasteiger partial charge in [0.1, 0.15) is 5.69 Å². The molecule has 1 unspecified atom stereocenters. The molecule has 6 heteroatoms. The lowest BCUT2D eigenvalue weighted by Crippen LogP contribution is -2.38. The van der Waals surface area contributed by atoms with E-state index in [1.165, 1.54) is 0 Å². The quantitative estimate of drug-likeness (QED) is 0.717. The molecular formula is C19H23N5O.